The zero-order valence-corrected chi connectivity index (χ0v) is 12.7. The van der Waals surface area contributed by atoms with Crippen LogP contribution in [0.4, 0.5) is 8.78 Å². The van der Waals surface area contributed by atoms with Crippen LogP contribution < -0.4 is 5.32 Å². The Morgan fingerprint density at radius 2 is 1.91 bits per heavy atom. The van der Waals surface area contributed by atoms with E-state index >= 15 is 0 Å². The number of imidazole rings is 1. The first kappa shape index (κ1) is 15.4. The molecule has 0 aliphatic rings. The minimum Gasteiger partial charge on any atom is -0.336 e. The molecule has 0 saturated heterocycles. The van der Waals surface area contributed by atoms with Crippen molar-refractivity contribution in [3.63, 3.8) is 0 Å². The largest absolute Gasteiger partial charge is 0.336 e. The van der Waals surface area contributed by atoms with Crippen molar-refractivity contribution in [1.82, 2.24) is 14.9 Å². The van der Waals surface area contributed by atoms with Crippen LogP contribution in [0.1, 0.15) is 23.0 Å². The number of rotatable bonds is 5. The molecule has 1 N–H and O–H groups in total. The van der Waals surface area contributed by atoms with Crippen molar-refractivity contribution in [2.75, 3.05) is 0 Å². The molecular formula is C18H17F2N3. The van der Waals surface area contributed by atoms with Crippen LogP contribution in [0, 0.1) is 11.6 Å². The van der Waals surface area contributed by atoms with Gasteiger partial charge in [0, 0.05) is 31.5 Å². The summed E-state index contributed by atoms with van der Waals surface area (Å²) in [7, 11) is 1.91. The van der Waals surface area contributed by atoms with Crippen LogP contribution in [-0.4, -0.2) is 9.55 Å². The van der Waals surface area contributed by atoms with Crippen molar-refractivity contribution < 1.29 is 8.78 Å². The highest BCUT2D eigenvalue weighted by molar-refractivity contribution is 5.26. The van der Waals surface area contributed by atoms with Crippen LogP contribution in [-0.2, 0) is 13.6 Å². The molecule has 0 saturated carbocycles. The highest BCUT2D eigenvalue weighted by Crippen LogP contribution is 2.21. The molecule has 1 aromatic heterocycles. The van der Waals surface area contributed by atoms with E-state index in [9.17, 15) is 8.78 Å². The van der Waals surface area contributed by atoms with E-state index in [1.165, 1.54) is 6.07 Å². The minimum absolute atomic E-state index is 0.204. The summed E-state index contributed by atoms with van der Waals surface area (Å²) in [4.78, 5) is 4.38. The Hall–Kier alpha value is -2.53. The van der Waals surface area contributed by atoms with Gasteiger partial charge >= 0.3 is 0 Å². The number of aromatic nitrogens is 2. The van der Waals surface area contributed by atoms with Gasteiger partial charge < -0.3 is 4.57 Å². The van der Waals surface area contributed by atoms with Gasteiger partial charge in [0.1, 0.15) is 17.5 Å². The van der Waals surface area contributed by atoms with Crippen LogP contribution in [0.3, 0.4) is 0 Å². The van der Waals surface area contributed by atoms with E-state index < -0.39 is 11.6 Å². The molecule has 1 heterocycles. The number of nitrogens with zero attached hydrogens (tertiary/aromatic N) is 2. The second kappa shape index (κ2) is 6.71. The second-order valence-corrected chi connectivity index (χ2v) is 5.36. The molecule has 5 heteroatoms. The van der Waals surface area contributed by atoms with Gasteiger partial charge in [0.05, 0.1) is 6.04 Å². The average Bonchev–Trinajstić information content (AvgIpc) is 2.98. The maximum atomic E-state index is 13.8. The van der Waals surface area contributed by atoms with Gasteiger partial charge in [-0.25, -0.2) is 13.8 Å². The predicted molar refractivity (Wildman–Crippen MR) is 84.7 cm³/mol. The van der Waals surface area contributed by atoms with Gasteiger partial charge in [-0.2, -0.15) is 0 Å². The molecule has 0 aliphatic carbocycles. The lowest BCUT2D eigenvalue weighted by molar-refractivity contribution is 0.529. The van der Waals surface area contributed by atoms with Gasteiger partial charge in [-0.15, -0.1) is 0 Å². The summed E-state index contributed by atoms with van der Waals surface area (Å²) in [6.45, 7) is 0.204. The third kappa shape index (κ3) is 3.46. The molecule has 0 unspecified atom stereocenters. The van der Waals surface area contributed by atoms with Gasteiger partial charge in [-0.3, -0.25) is 5.32 Å². The number of benzene rings is 2. The minimum atomic E-state index is -0.448. The third-order valence-corrected chi connectivity index (χ3v) is 3.75. The molecule has 0 bridgehead atoms. The Kier molecular flexibility index (Phi) is 4.48. The van der Waals surface area contributed by atoms with E-state index in [2.05, 4.69) is 10.3 Å². The van der Waals surface area contributed by atoms with Crippen LogP contribution in [0.25, 0.3) is 0 Å². The maximum Gasteiger partial charge on any atom is 0.130 e. The molecule has 0 spiro atoms. The molecule has 1 atom stereocenters. The Morgan fingerprint density at radius 1 is 1.13 bits per heavy atom. The predicted octanol–water partition coefficient (Wildman–Crippen LogP) is 3.58. The Bertz CT molecular complexity index is 784. The topological polar surface area (TPSA) is 29.9 Å². The number of hydrogen-bond acceptors (Lipinski definition) is 2. The number of aryl methyl sites for hydroxylation is 1. The molecule has 118 valence electrons. The van der Waals surface area contributed by atoms with Crippen molar-refractivity contribution in [2.24, 2.45) is 7.05 Å². The lowest BCUT2D eigenvalue weighted by atomic mass is 10.1. The van der Waals surface area contributed by atoms with Crippen molar-refractivity contribution in [3.8, 4) is 0 Å². The summed E-state index contributed by atoms with van der Waals surface area (Å²) in [5.74, 6) is -0.0602. The Balaban J connectivity index is 1.88. The quantitative estimate of drug-likeness (QED) is 0.780. The molecule has 2 aromatic carbocycles. The monoisotopic (exact) mass is 313 g/mol. The Labute approximate surface area is 133 Å². The third-order valence-electron chi connectivity index (χ3n) is 3.75. The summed E-state index contributed by atoms with van der Waals surface area (Å²) < 4.78 is 29.0. The summed E-state index contributed by atoms with van der Waals surface area (Å²) in [6.07, 6.45) is 3.57. The molecule has 3 aromatic rings. The van der Waals surface area contributed by atoms with Gasteiger partial charge in [0.2, 0.25) is 0 Å². The number of hydrogen-bond donors (Lipinski definition) is 1. The molecule has 0 fully saturated rings. The van der Waals surface area contributed by atoms with Crippen molar-refractivity contribution in [3.05, 3.63) is 89.5 Å². The molecule has 3 rings (SSSR count). The van der Waals surface area contributed by atoms with E-state index in [0.29, 0.717) is 5.56 Å². The summed E-state index contributed by atoms with van der Waals surface area (Å²) in [6, 6.07) is 13.0. The number of halogens is 2. The highest BCUT2D eigenvalue weighted by Gasteiger charge is 2.18. The normalized spacial score (nSPS) is 12.3. The maximum absolute atomic E-state index is 13.8. The zero-order valence-electron chi connectivity index (χ0n) is 12.7. The smallest absolute Gasteiger partial charge is 0.130 e. The lowest BCUT2D eigenvalue weighted by Crippen LogP contribution is -2.25. The fourth-order valence-electron chi connectivity index (χ4n) is 2.55. The standard InChI is InChI=1S/C18H17F2N3/c1-23-10-9-21-18(23)17(13-5-3-2-4-6-13)22-12-14-11-15(19)7-8-16(14)20/h2-11,17,22H,12H2,1H3/t17-/m0/s1. The van der Waals surface area contributed by atoms with Gasteiger partial charge in [-0.05, 0) is 23.8 Å². The van der Waals surface area contributed by atoms with Gasteiger partial charge in [-0.1, -0.05) is 30.3 Å². The van der Waals surface area contributed by atoms with Crippen molar-refractivity contribution in [1.29, 1.82) is 0 Å². The van der Waals surface area contributed by atoms with Crippen molar-refractivity contribution in [2.45, 2.75) is 12.6 Å². The molecule has 0 amide bonds. The molecule has 0 aliphatic heterocycles. The fraction of sp³-hybridized carbons (Fsp3) is 0.167. The highest BCUT2D eigenvalue weighted by atomic mass is 19.1. The van der Waals surface area contributed by atoms with Crippen molar-refractivity contribution >= 4 is 0 Å². The number of nitrogens with one attached hydrogen (secondary N) is 1. The van der Waals surface area contributed by atoms with E-state index in [4.69, 9.17) is 0 Å². The van der Waals surface area contributed by atoms with E-state index in [1.54, 1.807) is 6.20 Å². The molecular weight excluding hydrogens is 296 g/mol. The van der Waals surface area contributed by atoms with Crippen LogP contribution in [0.15, 0.2) is 60.9 Å². The molecule has 23 heavy (non-hydrogen) atoms. The lowest BCUT2D eigenvalue weighted by Gasteiger charge is -2.19. The summed E-state index contributed by atoms with van der Waals surface area (Å²) >= 11 is 0. The average molecular weight is 313 g/mol. The van der Waals surface area contributed by atoms with E-state index in [-0.39, 0.29) is 12.6 Å². The molecule has 3 nitrogen and oxygen atoms in total. The van der Waals surface area contributed by atoms with E-state index in [1.807, 2.05) is 48.1 Å². The van der Waals surface area contributed by atoms with Gasteiger partial charge in [0.15, 0.2) is 0 Å². The summed E-state index contributed by atoms with van der Waals surface area (Å²) in [5, 5.41) is 3.27. The second-order valence-electron chi connectivity index (χ2n) is 5.36. The SMILES string of the molecule is Cn1ccnc1[C@@H](NCc1cc(F)ccc1F)c1ccccc1. The first-order valence-corrected chi connectivity index (χ1v) is 7.34. The first-order valence-electron chi connectivity index (χ1n) is 7.34. The summed E-state index contributed by atoms with van der Waals surface area (Å²) in [5.41, 5.74) is 1.30. The van der Waals surface area contributed by atoms with Crippen LogP contribution in [0.5, 0.6) is 0 Å². The van der Waals surface area contributed by atoms with Gasteiger partial charge in [0.25, 0.3) is 0 Å². The zero-order chi connectivity index (χ0) is 16.2. The molecule has 0 radical (unpaired) electrons. The van der Waals surface area contributed by atoms with Crippen LogP contribution >= 0.6 is 0 Å². The van der Waals surface area contributed by atoms with E-state index in [0.717, 1.165) is 23.5 Å². The first-order chi connectivity index (χ1) is 11.1. The fourth-order valence-corrected chi connectivity index (χ4v) is 2.55. The Morgan fingerprint density at radius 3 is 2.61 bits per heavy atom. The van der Waals surface area contributed by atoms with Crippen LogP contribution in [0.2, 0.25) is 0 Å².